The van der Waals surface area contributed by atoms with E-state index in [9.17, 15) is 14.7 Å². The summed E-state index contributed by atoms with van der Waals surface area (Å²) in [5.74, 6) is -0.267. The predicted molar refractivity (Wildman–Crippen MR) is 82.8 cm³/mol. The van der Waals surface area contributed by atoms with E-state index in [4.69, 9.17) is 9.47 Å². The van der Waals surface area contributed by atoms with Crippen LogP contribution in [0.1, 0.15) is 19.9 Å². The van der Waals surface area contributed by atoms with Crippen LogP contribution in [0.15, 0.2) is 29.2 Å². The third-order valence-corrected chi connectivity index (χ3v) is 3.62. The highest BCUT2D eigenvalue weighted by atomic mass is 16.5. The molecule has 0 bridgehead atoms. The lowest BCUT2D eigenvalue weighted by Crippen LogP contribution is -2.32. The van der Waals surface area contributed by atoms with Crippen LogP contribution in [0, 0.1) is 5.92 Å². The third-order valence-electron chi connectivity index (χ3n) is 3.62. The van der Waals surface area contributed by atoms with E-state index in [2.05, 4.69) is 0 Å². The van der Waals surface area contributed by atoms with Gasteiger partial charge in [-0.2, -0.15) is 0 Å². The maximum absolute atomic E-state index is 12.7. The van der Waals surface area contributed by atoms with Crippen LogP contribution in [-0.4, -0.2) is 29.9 Å². The lowest BCUT2D eigenvalue weighted by atomic mass is 10.0. The number of aromatic nitrogens is 1. The highest BCUT2D eigenvalue weighted by Gasteiger charge is 2.25. The van der Waals surface area contributed by atoms with E-state index >= 15 is 0 Å². The van der Waals surface area contributed by atoms with E-state index in [1.165, 1.54) is 25.0 Å². The third kappa shape index (κ3) is 2.64. The van der Waals surface area contributed by atoms with Gasteiger partial charge in [0.25, 0.3) is 5.56 Å². The number of aliphatic carboxylic acids is 1. The van der Waals surface area contributed by atoms with E-state index in [1.54, 1.807) is 32.0 Å². The predicted octanol–water partition coefficient (Wildman–Crippen LogP) is 2.30. The van der Waals surface area contributed by atoms with Gasteiger partial charge in [-0.25, -0.2) is 4.79 Å². The smallest absolute Gasteiger partial charge is 0.327 e. The van der Waals surface area contributed by atoms with E-state index < -0.39 is 12.0 Å². The minimum Gasteiger partial charge on any atom is -0.497 e. The normalized spacial score (nSPS) is 12.4. The van der Waals surface area contributed by atoms with Gasteiger partial charge in [0.2, 0.25) is 0 Å². The number of ether oxygens (including phenoxy) is 2. The summed E-state index contributed by atoms with van der Waals surface area (Å²) in [5, 5.41) is 10.4. The molecule has 2 rings (SSSR count). The molecule has 1 aromatic carbocycles. The first-order chi connectivity index (χ1) is 10.4. The molecule has 118 valence electrons. The monoisotopic (exact) mass is 305 g/mol. The lowest BCUT2D eigenvalue weighted by Gasteiger charge is -2.20. The van der Waals surface area contributed by atoms with E-state index in [1.807, 2.05) is 0 Å². The lowest BCUT2D eigenvalue weighted by molar-refractivity contribution is -0.142. The Kier molecular flexibility index (Phi) is 4.40. The molecule has 0 fully saturated rings. The van der Waals surface area contributed by atoms with Gasteiger partial charge in [0, 0.05) is 17.6 Å². The molecule has 0 aliphatic rings. The molecule has 1 aromatic heterocycles. The largest absolute Gasteiger partial charge is 0.497 e. The van der Waals surface area contributed by atoms with Crippen molar-refractivity contribution in [3.05, 3.63) is 34.7 Å². The van der Waals surface area contributed by atoms with E-state index in [0.29, 0.717) is 22.3 Å². The molecular weight excluding hydrogens is 286 g/mol. The number of hydrogen-bond donors (Lipinski definition) is 1. The Morgan fingerprint density at radius 1 is 1.18 bits per heavy atom. The molecule has 0 aliphatic heterocycles. The number of pyridine rings is 1. The van der Waals surface area contributed by atoms with Crippen LogP contribution < -0.4 is 15.0 Å². The fourth-order valence-corrected chi connectivity index (χ4v) is 2.54. The Morgan fingerprint density at radius 2 is 1.86 bits per heavy atom. The second-order valence-electron chi connectivity index (χ2n) is 5.35. The minimum absolute atomic E-state index is 0.222. The summed E-state index contributed by atoms with van der Waals surface area (Å²) in [6.07, 6.45) is 1.50. The molecule has 1 heterocycles. The summed E-state index contributed by atoms with van der Waals surface area (Å²) in [5.41, 5.74) is -0.379. The number of rotatable bonds is 5. The summed E-state index contributed by atoms with van der Waals surface area (Å²) < 4.78 is 11.7. The van der Waals surface area contributed by atoms with Gasteiger partial charge in [-0.05, 0) is 18.1 Å². The fraction of sp³-hybridized carbons (Fsp3) is 0.375. The molecule has 2 aromatic rings. The van der Waals surface area contributed by atoms with Crippen molar-refractivity contribution in [2.45, 2.75) is 19.9 Å². The maximum Gasteiger partial charge on any atom is 0.327 e. The Hall–Kier alpha value is -2.50. The zero-order chi connectivity index (χ0) is 16.4. The van der Waals surface area contributed by atoms with Gasteiger partial charge < -0.3 is 19.1 Å². The Labute approximate surface area is 127 Å². The second kappa shape index (κ2) is 6.09. The number of hydrogen-bond acceptors (Lipinski definition) is 4. The Balaban J connectivity index is 2.78. The van der Waals surface area contributed by atoms with Crippen LogP contribution in [0.5, 0.6) is 11.5 Å². The molecular formula is C16H19NO5. The summed E-state index contributed by atoms with van der Waals surface area (Å²) >= 11 is 0. The number of methoxy groups -OCH3 is 2. The molecule has 22 heavy (non-hydrogen) atoms. The minimum atomic E-state index is -1.04. The molecule has 0 saturated heterocycles. The number of carboxylic acids is 1. The number of nitrogens with zero attached hydrogens (tertiary/aromatic N) is 1. The zero-order valence-electron chi connectivity index (χ0n) is 13.0. The van der Waals surface area contributed by atoms with Gasteiger partial charge in [-0.1, -0.05) is 13.8 Å². The second-order valence-corrected chi connectivity index (χ2v) is 5.35. The van der Waals surface area contributed by atoms with Gasteiger partial charge in [-0.3, -0.25) is 4.79 Å². The van der Waals surface area contributed by atoms with Crippen molar-refractivity contribution >= 4 is 16.7 Å². The van der Waals surface area contributed by atoms with Crippen molar-refractivity contribution in [3.8, 4) is 11.5 Å². The molecule has 0 spiro atoms. The van der Waals surface area contributed by atoms with Crippen molar-refractivity contribution in [3.63, 3.8) is 0 Å². The molecule has 6 heteroatoms. The zero-order valence-corrected chi connectivity index (χ0v) is 13.0. The molecule has 1 atom stereocenters. The first-order valence-corrected chi connectivity index (χ1v) is 6.90. The summed E-state index contributed by atoms with van der Waals surface area (Å²) in [7, 11) is 3.00. The topological polar surface area (TPSA) is 77.8 Å². The summed E-state index contributed by atoms with van der Waals surface area (Å²) in [6, 6.07) is 4.04. The number of benzene rings is 1. The fourth-order valence-electron chi connectivity index (χ4n) is 2.54. The van der Waals surface area contributed by atoms with Gasteiger partial charge >= 0.3 is 5.97 Å². The first kappa shape index (κ1) is 15.9. The average molecular weight is 305 g/mol. The molecule has 6 nitrogen and oxygen atoms in total. The molecule has 0 amide bonds. The number of carbonyl (C=O) groups is 1. The Bertz CT molecular complexity index is 763. The highest BCUT2D eigenvalue weighted by Crippen LogP contribution is 2.30. The summed E-state index contributed by atoms with van der Waals surface area (Å²) in [6.45, 7) is 3.53. The van der Waals surface area contributed by atoms with Gasteiger partial charge in [0.15, 0.2) is 0 Å². The van der Waals surface area contributed by atoms with Crippen molar-refractivity contribution in [2.75, 3.05) is 14.2 Å². The quantitative estimate of drug-likeness (QED) is 0.917. The molecule has 0 radical (unpaired) electrons. The van der Waals surface area contributed by atoms with Crippen molar-refractivity contribution in [1.82, 2.24) is 4.57 Å². The Morgan fingerprint density at radius 3 is 2.36 bits per heavy atom. The van der Waals surface area contributed by atoms with Crippen LogP contribution >= 0.6 is 0 Å². The van der Waals surface area contributed by atoms with Crippen molar-refractivity contribution < 1.29 is 19.4 Å². The number of carboxylic acid groups (broad SMARTS) is 1. The van der Waals surface area contributed by atoms with Crippen LogP contribution in [-0.2, 0) is 4.79 Å². The first-order valence-electron chi connectivity index (χ1n) is 6.90. The summed E-state index contributed by atoms with van der Waals surface area (Å²) in [4.78, 5) is 24.2. The molecule has 1 unspecified atom stereocenters. The number of fused-ring (bicyclic) bond motifs is 1. The van der Waals surface area contributed by atoms with Crippen LogP contribution in [0.3, 0.4) is 0 Å². The van der Waals surface area contributed by atoms with Gasteiger partial charge in [0.1, 0.15) is 17.5 Å². The van der Waals surface area contributed by atoms with Crippen molar-refractivity contribution in [2.24, 2.45) is 5.92 Å². The molecule has 0 saturated carbocycles. The van der Waals surface area contributed by atoms with Crippen LogP contribution in [0.4, 0.5) is 0 Å². The van der Waals surface area contributed by atoms with Gasteiger partial charge in [0.05, 0.1) is 19.6 Å². The van der Waals surface area contributed by atoms with Crippen molar-refractivity contribution in [1.29, 1.82) is 0 Å². The average Bonchev–Trinajstić information content (AvgIpc) is 2.48. The van der Waals surface area contributed by atoms with E-state index in [-0.39, 0.29) is 11.5 Å². The molecule has 1 N–H and O–H groups in total. The van der Waals surface area contributed by atoms with Crippen LogP contribution in [0.25, 0.3) is 10.8 Å². The standard InChI is InChI=1S/C16H19NO5/c1-9(2)14(16(19)20)17-6-5-11-12(15(17)18)7-10(21-3)8-13(11)22-4/h5-9,14H,1-4H3,(H,19,20). The molecule has 0 aliphatic carbocycles. The maximum atomic E-state index is 12.7. The van der Waals surface area contributed by atoms with Gasteiger partial charge in [-0.15, -0.1) is 0 Å². The highest BCUT2D eigenvalue weighted by molar-refractivity contribution is 5.89. The van der Waals surface area contributed by atoms with Crippen LogP contribution in [0.2, 0.25) is 0 Å². The van der Waals surface area contributed by atoms with E-state index in [0.717, 1.165) is 0 Å². The SMILES string of the molecule is COc1cc(OC)c2ccn(C(C(=O)O)C(C)C)c(=O)c2c1.